The van der Waals surface area contributed by atoms with Gasteiger partial charge in [0.15, 0.2) is 0 Å². The smallest absolute Gasteiger partial charge is 0.124 e. The van der Waals surface area contributed by atoms with E-state index in [1.54, 1.807) is 18.4 Å². The van der Waals surface area contributed by atoms with Crippen LogP contribution in [0.2, 0.25) is 5.02 Å². The lowest BCUT2D eigenvalue weighted by molar-refractivity contribution is 0.145. The van der Waals surface area contributed by atoms with Gasteiger partial charge in [0.1, 0.15) is 12.4 Å². The van der Waals surface area contributed by atoms with Crippen molar-refractivity contribution in [2.45, 2.75) is 13.0 Å². The molecule has 5 heteroatoms. The SMILES string of the molecule is CNC(c1ccccc1OCCOC)c1scc(C)c1Cl. The highest BCUT2D eigenvalue weighted by Gasteiger charge is 2.21. The number of ether oxygens (including phenoxy) is 2. The minimum Gasteiger partial charge on any atom is -0.491 e. The van der Waals surface area contributed by atoms with Crippen molar-refractivity contribution < 1.29 is 9.47 Å². The number of hydrogen-bond acceptors (Lipinski definition) is 4. The van der Waals surface area contributed by atoms with Crippen LogP contribution in [-0.4, -0.2) is 27.4 Å². The lowest BCUT2D eigenvalue weighted by atomic mass is 10.0. The lowest BCUT2D eigenvalue weighted by Gasteiger charge is -2.19. The third-order valence-electron chi connectivity index (χ3n) is 3.25. The van der Waals surface area contributed by atoms with Crippen LogP contribution in [0.3, 0.4) is 0 Å². The second kappa shape index (κ2) is 7.80. The Balaban J connectivity index is 2.31. The Morgan fingerprint density at radius 1 is 1.29 bits per heavy atom. The molecule has 1 unspecified atom stereocenters. The van der Waals surface area contributed by atoms with E-state index in [0.717, 1.165) is 26.8 Å². The third kappa shape index (κ3) is 3.77. The van der Waals surface area contributed by atoms with Gasteiger partial charge in [0, 0.05) is 17.6 Å². The van der Waals surface area contributed by atoms with Crippen LogP contribution in [-0.2, 0) is 4.74 Å². The molecule has 0 saturated carbocycles. The van der Waals surface area contributed by atoms with Crippen LogP contribution in [0.4, 0.5) is 0 Å². The predicted octanol–water partition coefficient (Wildman–Crippen LogP) is 4.04. The fraction of sp³-hybridized carbons (Fsp3) is 0.375. The summed E-state index contributed by atoms with van der Waals surface area (Å²) in [6.07, 6.45) is 0. The van der Waals surface area contributed by atoms with Gasteiger partial charge < -0.3 is 14.8 Å². The van der Waals surface area contributed by atoms with Crippen molar-refractivity contribution >= 4 is 22.9 Å². The molecular weight excluding hydrogens is 306 g/mol. The monoisotopic (exact) mass is 325 g/mol. The summed E-state index contributed by atoms with van der Waals surface area (Å²) in [4.78, 5) is 1.11. The predicted molar refractivity (Wildman–Crippen MR) is 88.8 cm³/mol. The Morgan fingerprint density at radius 2 is 2.05 bits per heavy atom. The molecule has 0 saturated heterocycles. The Morgan fingerprint density at radius 3 is 2.67 bits per heavy atom. The Labute approximate surface area is 134 Å². The lowest BCUT2D eigenvalue weighted by Crippen LogP contribution is -2.18. The fourth-order valence-corrected chi connectivity index (χ4v) is 3.59. The van der Waals surface area contributed by atoms with E-state index in [1.165, 1.54) is 0 Å². The highest BCUT2D eigenvalue weighted by atomic mass is 35.5. The standard InChI is InChI=1S/C16H20ClNO2S/c1-11-10-21-16(14(11)17)15(18-2)12-6-4-5-7-13(12)20-9-8-19-3/h4-7,10,15,18H,8-9H2,1-3H3. The molecule has 1 heterocycles. The number of halogens is 1. The zero-order chi connectivity index (χ0) is 15.2. The van der Waals surface area contributed by atoms with E-state index < -0.39 is 0 Å². The van der Waals surface area contributed by atoms with E-state index in [4.69, 9.17) is 21.1 Å². The molecule has 1 aromatic heterocycles. The molecule has 1 aromatic carbocycles. The first-order valence-electron chi connectivity index (χ1n) is 6.80. The maximum atomic E-state index is 6.42. The fourth-order valence-electron chi connectivity index (χ4n) is 2.16. The second-order valence-electron chi connectivity index (χ2n) is 4.70. The van der Waals surface area contributed by atoms with Gasteiger partial charge in [-0.25, -0.2) is 0 Å². The van der Waals surface area contributed by atoms with Gasteiger partial charge in [-0.1, -0.05) is 29.8 Å². The van der Waals surface area contributed by atoms with Gasteiger partial charge in [-0.3, -0.25) is 0 Å². The van der Waals surface area contributed by atoms with Crippen molar-refractivity contribution in [3.8, 4) is 5.75 Å². The maximum Gasteiger partial charge on any atom is 0.124 e. The molecule has 0 fully saturated rings. The zero-order valence-electron chi connectivity index (χ0n) is 12.5. The molecule has 0 amide bonds. The molecule has 0 aliphatic heterocycles. The number of hydrogen-bond donors (Lipinski definition) is 1. The Hall–Kier alpha value is -1.07. The molecule has 0 radical (unpaired) electrons. The van der Waals surface area contributed by atoms with Crippen LogP contribution >= 0.6 is 22.9 Å². The van der Waals surface area contributed by atoms with Crippen LogP contribution in [0.25, 0.3) is 0 Å². The van der Waals surface area contributed by atoms with Gasteiger partial charge in [0.05, 0.1) is 17.7 Å². The van der Waals surface area contributed by atoms with Gasteiger partial charge in [0.25, 0.3) is 0 Å². The highest BCUT2D eigenvalue weighted by molar-refractivity contribution is 7.10. The van der Waals surface area contributed by atoms with Crippen LogP contribution in [0.15, 0.2) is 29.6 Å². The molecular formula is C16H20ClNO2S. The Kier molecular flexibility index (Phi) is 6.06. The number of nitrogens with one attached hydrogen (secondary N) is 1. The quantitative estimate of drug-likeness (QED) is 0.779. The Bertz CT molecular complexity index is 585. The summed E-state index contributed by atoms with van der Waals surface area (Å²) in [6, 6.07) is 8.05. The van der Waals surface area contributed by atoms with E-state index in [9.17, 15) is 0 Å². The van der Waals surface area contributed by atoms with Gasteiger partial charge in [-0.15, -0.1) is 11.3 Å². The van der Waals surface area contributed by atoms with Gasteiger partial charge in [-0.2, -0.15) is 0 Å². The molecule has 1 atom stereocenters. The topological polar surface area (TPSA) is 30.5 Å². The van der Waals surface area contributed by atoms with Crippen LogP contribution < -0.4 is 10.1 Å². The van der Waals surface area contributed by atoms with Crippen LogP contribution in [0, 0.1) is 6.92 Å². The average Bonchev–Trinajstić information content (AvgIpc) is 2.82. The molecule has 0 spiro atoms. The van der Waals surface area contributed by atoms with Crippen LogP contribution in [0.1, 0.15) is 22.0 Å². The summed E-state index contributed by atoms with van der Waals surface area (Å²) >= 11 is 8.09. The first kappa shape index (κ1) is 16.3. The average molecular weight is 326 g/mol. The normalized spacial score (nSPS) is 12.4. The van der Waals surface area contributed by atoms with Crippen molar-refractivity contribution in [2.75, 3.05) is 27.4 Å². The minimum atomic E-state index is 0.0231. The van der Waals surface area contributed by atoms with Gasteiger partial charge in [-0.05, 0) is 31.0 Å². The maximum absolute atomic E-state index is 6.42. The molecule has 0 aliphatic rings. The number of methoxy groups -OCH3 is 1. The number of rotatable bonds is 7. The summed E-state index contributed by atoms with van der Waals surface area (Å²) in [6.45, 7) is 3.12. The first-order chi connectivity index (χ1) is 10.2. The molecule has 0 aliphatic carbocycles. The van der Waals surface area contributed by atoms with Crippen molar-refractivity contribution in [1.29, 1.82) is 0 Å². The number of benzene rings is 1. The summed E-state index contributed by atoms with van der Waals surface area (Å²) in [5.41, 5.74) is 2.19. The molecule has 0 bridgehead atoms. The molecule has 2 aromatic rings. The third-order valence-corrected chi connectivity index (χ3v) is 5.03. The first-order valence-corrected chi connectivity index (χ1v) is 8.06. The molecule has 3 nitrogen and oxygen atoms in total. The van der Waals surface area contributed by atoms with Gasteiger partial charge >= 0.3 is 0 Å². The van der Waals surface area contributed by atoms with E-state index in [2.05, 4.69) is 16.8 Å². The number of thiophene rings is 1. The molecule has 21 heavy (non-hydrogen) atoms. The van der Waals surface area contributed by atoms with Gasteiger partial charge in [0.2, 0.25) is 0 Å². The van der Waals surface area contributed by atoms with Crippen molar-refractivity contribution in [1.82, 2.24) is 5.32 Å². The van der Waals surface area contributed by atoms with Crippen LogP contribution in [0.5, 0.6) is 5.75 Å². The number of aryl methyl sites for hydroxylation is 1. The minimum absolute atomic E-state index is 0.0231. The zero-order valence-corrected chi connectivity index (χ0v) is 14.1. The molecule has 114 valence electrons. The largest absolute Gasteiger partial charge is 0.491 e. The summed E-state index contributed by atoms with van der Waals surface area (Å²) in [7, 11) is 3.60. The van der Waals surface area contributed by atoms with E-state index in [0.29, 0.717) is 13.2 Å². The summed E-state index contributed by atoms with van der Waals surface area (Å²) in [5.74, 6) is 0.857. The summed E-state index contributed by atoms with van der Waals surface area (Å²) < 4.78 is 10.9. The summed E-state index contributed by atoms with van der Waals surface area (Å²) in [5, 5.41) is 6.24. The van der Waals surface area contributed by atoms with Crippen molar-refractivity contribution in [3.05, 3.63) is 50.7 Å². The number of para-hydroxylation sites is 1. The second-order valence-corrected chi connectivity index (χ2v) is 5.99. The molecule has 1 N–H and O–H groups in total. The van der Waals surface area contributed by atoms with Crippen molar-refractivity contribution in [2.24, 2.45) is 0 Å². The molecule has 2 rings (SSSR count). The highest BCUT2D eigenvalue weighted by Crippen LogP contribution is 2.38. The van der Waals surface area contributed by atoms with E-state index in [-0.39, 0.29) is 6.04 Å². The van der Waals surface area contributed by atoms with Crippen molar-refractivity contribution in [3.63, 3.8) is 0 Å². The van der Waals surface area contributed by atoms with E-state index in [1.807, 2.05) is 32.2 Å². The van der Waals surface area contributed by atoms with E-state index >= 15 is 0 Å².